The maximum absolute atomic E-state index is 12.1. The first-order valence-electron chi connectivity index (χ1n) is 6.19. The lowest BCUT2D eigenvalue weighted by Gasteiger charge is -2.05. The van der Waals surface area contributed by atoms with Crippen LogP contribution in [-0.2, 0) is 6.54 Å². The van der Waals surface area contributed by atoms with Crippen molar-refractivity contribution in [1.82, 2.24) is 9.78 Å². The van der Waals surface area contributed by atoms with Gasteiger partial charge in [-0.1, -0.05) is 11.6 Å². The number of nitrogens with one attached hydrogen (secondary N) is 1. The number of halogens is 1. The summed E-state index contributed by atoms with van der Waals surface area (Å²) in [5.41, 5.74) is -0.0811. The van der Waals surface area contributed by atoms with Crippen molar-refractivity contribution in [2.75, 3.05) is 5.32 Å². The Morgan fingerprint density at radius 2 is 2.32 bits per heavy atom. The Balaban J connectivity index is 2.30. The number of nitro groups is 1. The Hall–Kier alpha value is -2.92. The molecule has 0 bridgehead atoms. The van der Waals surface area contributed by atoms with Crippen molar-refractivity contribution in [3.63, 3.8) is 0 Å². The first-order chi connectivity index (χ1) is 10.5. The molecule has 0 radical (unpaired) electrons. The molecule has 0 unspecified atom stereocenters. The minimum Gasteiger partial charge on any atom is -0.319 e. The molecule has 1 N–H and O–H groups in total. The van der Waals surface area contributed by atoms with E-state index in [0.717, 1.165) is 6.07 Å². The molecule has 0 atom stereocenters. The van der Waals surface area contributed by atoms with Crippen LogP contribution in [0, 0.1) is 21.4 Å². The third-order valence-corrected chi connectivity index (χ3v) is 3.12. The summed E-state index contributed by atoms with van der Waals surface area (Å²) in [6, 6.07) is 5.37. The van der Waals surface area contributed by atoms with Gasteiger partial charge in [0.2, 0.25) is 0 Å². The van der Waals surface area contributed by atoms with Crippen molar-refractivity contribution in [3.05, 3.63) is 50.8 Å². The quantitative estimate of drug-likeness (QED) is 0.687. The van der Waals surface area contributed by atoms with E-state index in [2.05, 4.69) is 10.4 Å². The van der Waals surface area contributed by atoms with E-state index in [0.29, 0.717) is 6.54 Å². The predicted octanol–water partition coefficient (Wildman–Crippen LogP) is 2.59. The van der Waals surface area contributed by atoms with Gasteiger partial charge in [-0.3, -0.25) is 19.6 Å². The Kier molecular flexibility index (Phi) is 4.39. The number of amides is 1. The zero-order valence-electron chi connectivity index (χ0n) is 11.4. The molecule has 0 spiro atoms. The summed E-state index contributed by atoms with van der Waals surface area (Å²) >= 11 is 5.93. The number of benzene rings is 1. The van der Waals surface area contributed by atoms with Gasteiger partial charge in [-0.15, -0.1) is 0 Å². The molecule has 22 heavy (non-hydrogen) atoms. The third kappa shape index (κ3) is 3.05. The Bertz CT molecular complexity index is 793. The fourth-order valence-electron chi connectivity index (χ4n) is 1.74. The molecule has 2 aromatic rings. The van der Waals surface area contributed by atoms with E-state index in [1.165, 1.54) is 23.0 Å². The van der Waals surface area contributed by atoms with Crippen LogP contribution in [0.25, 0.3) is 0 Å². The van der Waals surface area contributed by atoms with E-state index in [1.54, 1.807) is 6.07 Å². The normalized spacial score (nSPS) is 10.0. The molecule has 1 aromatic heterocycles. The number of anilines is 1. The molecule has 0 saturated heterocycles. The summed E-state index contributed by atoms with van der Waals surface area (Å²) in [7, 11) is 0. The minimum absolute atomic E-state index is 0.0192. The molecule has 0 aliphatic rings. The highest BCUT2D eigenvalue weighted by atomic mass is 35.5. The van der Waals surface area contributed by atoms with Gasteiger partial charge in [-0.2, -0.15) is 10.4 Å². The molecule has 0 saturated carbocycles. The molecular formula is C13H10ClN5O3. The van der Waals surface area contributed by atoms with Gasteiger partial charge in [0, 0.05) is 24.9 Å². The molecule has 1 aromatic carbocycles. The van der Waals surface area contributed by atoms with E-state index >= 15 is 0 Å². The van der Waals surface area contributed by atoms with Crippen LogP contribution in [0.2, 0.25) is 5.02 Å². The van der Waals surface area contributed by atoms with E-state index in [9.17, 15) is 14.9 Å². The minimum atomic E-state index is -0.619. The smallest absolute Gasteiger partial charge is 0.277 e. The number of non-ortho nitro benzene ring substituents is 1. The summed E-state index contributed by atoms with van der Waals surface area (Å²) in [5.74, 6) is -0.595. The monoisotopic (exact) mass is 319 g/mol. The average Bonchev–Trinajstić information content (AvgIpc) is 2.88. The highest BCUT2D eigenvalue weighted by Crippen LogP contribution is 2.23. The van der Waals surface area contributed by atoms with Gasteiger partial charge >= 0.3 is 0 Å². The predicted molar refractivity (Wildman–Crippen MR) is 78.7 cm³/mol. The maximum Gasteiger partial charge on any atom is 0.277 e. The number of rotatable bonds is 4. The van der Waals surface area contributed by atoms with E-state index in [4.69, 9.17) is 16.9 Å². The molecule has 1 heterocycles. The SMILES string of the molecule is CCn1cc(Cl)c(C(=O)Nc2ccc([N+](=O)[O-])cc2C#N)n1. The number of aromatic nitrogens is 2. The van der Waals surface area contributed by atoms with E-state index in [1.807, 2.05) is 6.92 Å². The zero-order valence-corrected chi connectivity index (χ0v) is 12.2. The third-order valence-electron chi connectivity index (χ3n) is 2.84. The summed E-state index contributed by atoms with van der Waals surface area (Å²) < 4.78 is 1.50. The number of hydrogen-bond acceptors (Lipinski definition) is 5. The number of hydrogen-bond donors (Lipinski definition) is 1. The first-order valence-corrected chi connectivity index (χ1v) is 6.57. The number of nitriles is 1. The number of nitrogens with zero attached hydrogens (tertiary/aromatic N) is 4. The van der Waals surface area contributed by atoms with Crippen LogP contribution in [-0.4, -0.2) is 20.6 Å². The van der Waals surface area contributed by atoms with Gasteiger partial charge in [-0.05, 0) is 13.0 Å². The molecule has 0 aliphatic heterocycles. The zero-order chi connectivity index (χ0) is 16.3. The molecule has 1 amide bonds. The largest absolute Gasteiger partial charge is 0.319 e. The van der Waals surface area contributed by atoms with Crippen LogP contribution in [0.3, 0.4) is 0 Å². The lowest BCUT2D eigenvalue weighted by molar-refractivity contribution is -0.384. The molecule has 9 heteroatoms. The number of nitro benzene ring substituents is 1. The van der Waals surface area contributed by atoms with Crippen molar-refractivity contribution >= 4 is 28.9 Å². The topological polar surface area (TPSA) is 114 Å². The lowest BCUT2D eigenvalue weighted by Crippen LogP contribution is -2.14. The standard InChI is InChI=1S/C13H10ClN5O3/c1-2-18-7-10(14)12(17-18)13(20)16-11-4-3-9(19(21)22)5-8(11)6-15/h3-5,7H,2H2,1H3,(H,16,20). The average molecular weight is 320 g/mol. The molecular weight excluding hydrogens is 310 g/mol. The number of carbonyl (C=O) groups excluding carboxylic acids is 1. The Morgan fingerprint density at radius 1 is 1.59 bits per heavy atom. The fraction of sp³-hybridized carbons (Fsp3) is 0.154. The van der Waals surface area contributed by atoms with E-state index < -0.39 is 10.8 Å². The molecule has 112 valence electrons. The highest BCUT2D eigenvalue weighted by molar-refractivity contribution is 6.34. The van der Waals surface area contributed by atoms with Crippen LogP contribution in [0.4, 0.5) is 11.4 Å². The van der Waals surface area contributed by atoms with Gasteiger partial charge in [0.05, 0.1) is 21.2 Å². The van der Waals surface area contributed by atoms with Gasteiger partial charge in [0.25, 0.3) is 11.6 Å². The van der Waals surface area contributed by atoms with Crippen LogP contribution >= 0.6 is 11.6 Å². The first kappa shape index (κ1) is 15.5. The van der Waals surface area contributed by atoms with Crippen LogP contribution in [0.15, 0.2) is 24.4 Å². The van der Waals surface area contributed by atoms with Crippen LogP contribution in [0.5, 0.6) is 0 Å². The van der Waals surface area contributed by atoms with Crippen molar-refractivity contribution in [1.29, 1.82) is 5.26 Å². The van der Waals surface area contributed by atoms with Crippen molar-refractivity contribution in [3.8, 4) is 6.07 Å². The summed E-state index contributed by atoms with van der Waals surface area (Å²) in [6.07, 6.45) is 1.51. The van der Waals surface area contributed by atoms with Gasteiger partial charge in [0.1, 0.15) is 6.07 Å². The molecule has 2 rings (SSSR count). The molecule has 8 nitrogen and oxygen atoms in total. The Morgan fingerprint density at radius 3 is 2.86 bits per heavy atom. The summed E-state index contributed by atoms with van der Waals surface area (Å²) in [4.78, 5) is 22.2. The van der Waals surface area contributed by atoms with Crippen LogP contribution < -0.4 is 5.32 Å². The highest BCUT2D eigenvalue weighted by Gasteiger charge is 2.18. The van der Waals surface area contributed by atoms with Crippen molar-refractivity contribution in [2.24, 2.45) is 0 Å². The second-order valence-corrected chi connectivity index (χ2v) is 4.64. The van der Waals surface area contributed by atoms with Gasteiger partial charge < -0.3 is 5.32 Å². The van der Waals surface area contributed by atoms with E-state index in [-0.39, 0.29) is 27.7 Å². The Labute approximate surface area is 130 Å². The molecule has 0 aliphatic carbocycles. The van der Waals surface area contributed by atoms with Crippen molar-refractivity contribution < 1.29 is 9.72 Å². The molecule has 0 fully saturated rings. The maximum atomic E-state index is 12.1. The number of carbonyl (C=O) groups is 1. The lowest BCUT2D eigenvalue weighted by atomic mass is 10.1. The second-order valence-electron chi connectivity index (χ2n) is 4.23. The summed E-state index contributed by atoms with van der Waals surface area (Å²) in [5, 5.41) is 26.4. The second kappa shape index (κ2) is 6.24. The van der Waals surface area contributed by atoms with Gasteiger partial charge in [0.15, 0.2) is 5.69 Å². The van der Waals surface area contributed by atoms with Crippen molar-refractivity contribution in [2.45, 2.75) is 13.5 Å². The van der Waals surface area contributed by atoms with Crippen LogP contribution in [0.1, 0.15) is 23.0 Å². The van der Waals surface area contributed by atoms with Gasteiger partial charge in [-0.25, -0.2) is 0 Å². The fourth-order valence-corrected chi connectivity index (χ4v) is 1.98. The summed E-state index contributed by atoms with van der Waals surface area (Å²) in [6.45, 7) is 2.39. The number of aryl methyl sites for hydroxylation is 1.